The van der Waals surface area contributed by atoms with Crippen molar-refractivity contribution in [3.8, 4) is 22.6 Å². The summed E-state index contributed by atoms with van der Waals surface area (Å²) in [6, 6.07) is 14.2. The number of aryl methyl sites for hydroxylation is 3. The van der Waals surface area contributed by atoms with E-state index < -0.39 is 0 Å². The van der Waals surface area contributed by atoms with Crippen molar-refractivity contribution in [2.45, 2.75) is 27.3 Å². The van der Waals surface area contributed by atoms with E-state index in [-0.39, 0.29) is 12.5 Å². The number of amides is 1. The number of carbonyl (C=O) groups excluding carboxylic acids is 1. The molecule has 30 heavy (non-hydrogen) atoms. The molecule has 0 saturated heterocycles. The molecule has 2 heterocycles. The van der Waals surface area contributed by atoms with Crippen LogP contribution in [0.5, 0.6) is 0 Å². The summed E-state index contributed by atoms with van der Waals surface area (Å²) in [7, 11) is 0. The van der Waals surface area contributed by atoms with Crippen molar-refractivity contribution in [2.24, 2.45) is 0 Å². The van der Waals surface area contributed by atoms with Gasteiger partial charge in [-0.3, -0.25) is 14.5 Å². The summed E-state index contributed by atoms with van der Waals surface area (Å²) >= 11 is 6.73. The number of H-pyrrole nitrogens is 1. The maximum atomic E-state index is 12.7. The van der Waals surface area contributed by atoms with Crippen LogP contribution in [0.2, 0.25) is 0 Å². The number of hydrogen-bond acceptors (Lipinski definition) is 5. The van der Waals surface area contributed by atoms with E-state index in [1.807, 2.05) is 42.6 Å². The van der Waals surface area contributed by atoms with Gasteiger partial charge >= 0.3 is 0 Å². The molecule has 4 aromatic rings. The minimum atomic E-state index is -0.206. The molecular weight excluding hydrogens is 414 g/mol. The quantitative estimate of drug-likeness (QED) is 0.417. The molecule has 0 atom stereocenters. The van der Waals surface area contributed by atoms with Crippen LogP contribution in [0.4, 0.5) is 5.13 Å². The van der Waals surface area contributed by atoms with E-state index in [1.165, 1.54) is 22.5 Å². The van der Waals surface area contributed by atoms with Gasteiger partial charge in [0, 0.05) is 16.5 Å². The van der Waals surface area contributed by atoms with Crippen molar-refractivity contribution in [2.75, 3.05) is 5.32 Å². The molecule has 4 rings (SSSR count). The molecule has 1 amide bonds. The fraction of sp³-hybridized carbons (Fsp3) is 0.182. The Morgan fingerprint density at radius 2 is 1.97 bits per heavy atom. The van der Waals surface area contributed by atoms with Crippen molar-refractivity contribution < 1.29 is 4.79 Å². The summed E-state index contributed by atoms with van der Waals surface area (Å²) in [4.78, 5) is 17.2. The molecular formula is C22H21N5OS2. The maximum absolute atomic E-state index is 12.7. The number of benzene rings is 2. The Morgan fingerprint density at radius 3 is 2.73 bits per heavy atom. The van der Waals surface area contributed by atoms with Crippen molar-refractivity contribution in [3.05, 3.63) is 69.3 Å². The summed E-state index contributed by atoms with van der Waals surface area (Å²) < 4.78 is 2.09. The number of thiazole rings is 1. The number of hydrogen-bond donors (Lipinski definition) is 2. The molecule has 0 aliphatic heterocycles. The zero-order valence-electron chi connectivity index (χ0n) is 16.9. The third kappa shape index (κ3) is 4.24. The van der Waals surface area contributed by atoms with Crippen LogP contribution in [0.1, 0.15) is 16.7 Å². The second-order valence-electron chi connectivity index (χ2n) is 7.19. The van der Waals surface area contributed by atoms with Crippen LogP contribution in [-0.2, 0) is 11.3 Å². The molecule has 0 radical (unpaired) electrons. The van der Waals surface area contributed by atoms with Crippen LogP contribution in [0.25, 0.3) is 22.6 Å². The second-order valence-corrected chi connectivity index (χ2v) is 8.44. The van der Waals surface area contributed by atoms with E-state index in [0.29, 0.717) is 15.7 Å². The average Bonchev–Trinajstić information content (AvgIpc) is 3.31. The minimum Gasteiger partial charge on any atom is -0.300 e. The highest BCUT2D eigenvalue weighted by molar-refractivity contribution is 7.71. The number of aromatic amines is 1. The Bertz CT molecular complexity index is 1280. The first-order chi connectivity index (χ1) is 14.4. The Balaban J connectivity index is 1.51. The summed E-state index contributed by atoms with van der Waals surface area (Å²) in [6.07, 6.45) is 0. The first-order valence-electron chi connectivity index (χ1n) is 9.46. The van der Waals surface area contributed by atoms with Crippen molar-refractivity contribution in [1.82, 2.24) is 19.7 Å². The molecule has 2 aromatic carbocycles. The standard InChI is InChI=1S/C22H21N5OS2/c1-13-5-4-6-17(9-13)20-25-26-22(29)27(20)11-19(28)24-21-23-18(12-30-21)16-8-7-14(2)15(3)10-16/h4-10,12H,11H2,1-3H3,(H,26,29)(H,23,24,28). The van der Waals surface area contributed by atoms with Crippen LogP contribution in [0.15, 0.2) is 47.8 Å². The molecule has 0 aliphatic rings. The largest absolute Gasteiger partial charge is 0.300 e. The molecule has 6 nitrogen and oxygen atoms in total. The number of carbonyl (C=O) groups is 1. The van der Waals surface area contributed by atoms with Crippen LogP contribution in [0.3, 0.4) is 0 Å². The van der Waals surface area contributed by atoms with Crippen molar-refractivity contribution in [3.63, 3.8) is 0 Å². The molecule has 0 spiro atoms. The molecule has 0 aliphatic carbocycles. The first kappa shape index (κ1) is 20.2. The topological polar surface area (TPSA) is 75.6 Å². The highest BCUT2D eigenvalue weighted by Crippen LogP contribution is 2.26. The number of aromatic nitrogens is 4. The summed E-state index contributed by atoms with van der Waals surface area (Å²) in [6.45, 7) is 6.22. The summed E-state index contributed by atoms with van der Waals surface area (Å²) in [5.41, 5.74) is 6.35. The van der Waals surface area contributed by atoms with Gasteiger partial charge in [-0.25, -0.2) is 4.98 Å². The normalized spacial score (nSPS) is 10.9. The van der Waals surface area contributed by atoms with E-state index in [4.69, 9.17) is 12.2 Å². The van der Waals surface area contributed by atoms with Crippen LogP contribution in [0, 0.1) is 25.5 Å². The van der Waals surface area contributed by atoms with E-state index in [2.05, 4.69) is 46.5 Å². The highest BCUT2D eigenvalue weighted by atomic mass is 32.1. The Labute approximate surface area is 183 Å². The van der Waals surface area contributed by atoms with Gasteiger partial charge in [-0.05, 0) is 56.2 Å². The molecule has 2 N–H and O–H groups in total. The van der Waals surface area contributed by atoms with Gasteiger partial charge in [0.15, 0.2) is 15.7 Å². The molecule has 2 aromatic heterocycles. The predicted molar refractivity (Wildman–Crippen MR) is 123 cm³/mol. The number of anilines is 1. The van der Waals surface area contributed by atoms with Gasteiger partial charge in [-0.1, -0.05) is 35.9 Å². The van der Waals surface area contributed by atoms with E-state index in [0.717, 1.165) is 22.4 Å². The van der Waals surface area contributed by atoms with Gasteiger partial charge in [0.05, 0.1) is 5.69 Å². The molecule has 152 valence electrons. The number of nitrogens with one attached hydrogen (secondary N) is 2. The molecule has 0 fully saturated rings. The van der Waals surface area contributed by atoms with E-state index >= 15 is 0 Å². The van der Waals surface area contributed by atoms with Crippen LogP contribution < -0.4 is 5.32 Å². The lowest BCUT2D eigenvalue weighted by molar-refractivity contribution is -0.116. The van der Waals surface area contributed by atoms with Gasteiger partial charge in [0.25, 0.3) is 0 Å². The zero-order valence-corrected chi connectivity index (χ0v) is 18.5. The van der Waals surface area contributed by atoms with Crippen LogP contribution in [-0.4, -0.2) is 25.7 Å². The third-order valence-electron chi connectivity index (χ3n) is 4.89. The fourth-order valence-electron chi connectivity index (χ4n) is 3.14. The van der Waals surface area contributed by atoms with Gasteiger partial charge in [0.1, 0.15) is 6.54 Å². The van der Waals surface area contributed by atoms with E-state index in [9.17, 15) is 4.79 Å². The third-order valence-corrected chi connectivity index (χ3v) is 5.96. The Morgan fingerprint density at radius 1 is 1.13 bits per heavy atom. The fourth-order valence-corrected chi connectivity index (χ4v) is 4.07. The Hall–Kier alpha value is -3.10. The lowest BCUT2D eigenvalue weighted by Crippen LogP contribution is -2.19. The van der Waals surface area contributed by atoms with E-state index in [1.54, 1.807) is 4.57 Å². The monoisotopic (exact) mass is 435 g/mol. The first-order valence-corrected chi connectivity index (χ1v) is 10.7. The van der Waals surface area contributed by atoms with Crippen molar-refractivity contribution >= 4 is 34.6 Å². The lowest BCUT2D eigenvalue weighted by atomic mass is 10.1. The molecule has 0 unspecified atom stereocenters. The maximum Gasteiger partial charge on any atom is 0.246 e. The summed E-state index contributed by atoms with van der Waals surface area (Å²) in [5.74, 6) is 0.427. The van der Waals surface area contributed by atoms with Gasteiger partial charge in [-0.2, -0.15) is 5.10 Å². The molecule has 0 saturated carbocycles. The number of rotatable bonds is 5. The average molecular weight is 436 g/mol. The number of nitrogens with zero attached hydrogens (tertiary/aromatic N) is 3. The molecule has 8 heteroatoms. The predicted octanol–water partition coefficient (Wildman–Crippen LogP) is 5.30. The lowest BCUT2D eigenvalue weighted by Gasteiger charge is -2.07. The second kappa shape index (κ2) is 8.33. The summed E-state index contributed by atoms with van der Waals surface area (Å²) in [5, 5.41) is 12.5. The van der Waals surface area contributed by atoms with Gasteiger partial charge in [-0.15, -0.1) is 11.3 Å². The van der Waals surface area contributed by atoms with Gasteiger partial charge in [0.2, 0.25) is 5.91 Å². The smallest absolute Gasteiger partial charge is 0.246 e. The van der Waals surface area contributed by atoms with Gasteiger partial charge < -0.3 is 5.32 Å². The molecule has 0 bridgehead atoms. The SMILES string of the molecule is Cc1cccc(-c2n[nH]c(=S)n2CC(=O)Nc2nc(-c3ccc(C)c(C)c3)cs2)c1. The highest BCUT2D eigenvalue weighted by Gasteiger charge is 2.14. The van der Waals surface area contributed by atoms with Crippen LogP contribution >= 0.6 is 23.6 Å². The van der Waals surface area contributed by atoms with Crippen molar-refractivity contribution in [1.29, 1.82) is 0 Å². The zero-order chi connectivity index (χ0) is 21.3. The minimum absolute atomic E-state index is 0.0527. The Kier molecular flexibility index (Phi) is 5.61.